The third-order valence-corrected chi connectivity index (χ3v) is 3.29. The molecule has 18 heavy (non-hydrogen) atoms. The van der Waals surface area contributed by atoms with Gasteiger partial charge in [0.1, 0.15) is 5.82 Å². The quantitative estimate of drug-likeness (QED) is 0.814. The van der Waals surface area contributed by atoms with Crippen molar-refractivity contribution in [3.63, 3.8) is 0 Å². The number of nitrogens with one attached hydrogen (secondary N) is 2. The van der Waals surface area contributed by atoms with Crippen molar-refractivity contribution in [2.24, 2.45) is 11.8 Å². The molecule has 0 saturated heterocycles. The van der Waals surface area contributed by atoms with Crippen LogP contribution in [-0.2, 0) is 4.79 Å². The SMILES string of the molecule is CC(CNCC(=O)Nc1cccc(F)c1)C1CC1. The molecule has 1 saturated carbocycles. The van der Waals surface area contributed by atoms with E-state index in [1.807, 2.05) is 0 Å². The number of carbonyl (C=O) groups excluding carboxylic acids is 1. The fraction of sp³-hybridized carbons (Fsp3) is 0.500. The molecule has 0 radical (unpaired) electrons. The summed E-state index contributed by atoms with van der Waals surface area (Å²) in [6.07, 6.45) is 2.64. The molecule has 2 N–H and O–H groups in total. The fourth-order valence-electron chi connectivity index (χ4n) is 2.02. The first-order valence-electron chi connectivity index (χ1n) is 6.41. The zero-order valence-corrected chi connectivity index (χ0v) is 10.6. The minimum atomic E-state index is -0.344. The van der Waals surface area contributed by atoms with Crippen molar-refractivity contribution < 1.29 is 9.18 Å². The average molecular weight is 250 g/mol. The Labute approximate surface area is 107 Å². The van der Waals surface area contributed by atoms with Gasteiger partial charge in [-0.1, -0.05) is 13.0 Å². The molecule has 1 unspecified atom stereocenters. The second-order valence-electron chi connectivity index (χ2n) is 5.00. The van der Waals surface area contributed by atoms with Crippen LogP contribution in [0.2, 0.25) is 0 Å². The zero-order valence-electron chi connectivity index (χ0n) is 10.6. The number of hydrogen-bond donors (Lipinski definition) is 2. The lowest BCUT2D eigenvalue weighted by atomic mass is 10.1. The van der Waals surface area contributed by atoms with Crippen LogP contribution in [0.25, 0.3) is 0 Å². The van der Waals surface area contributed by atoms with E-state index < -0.39 is 0 Å². The molecule has 0 aliphatic heterocycles. The normalized spacial score (nSPS) is 16.3. The van der Waals surface area contributed by atoms with Crippen molar-refractivity contribution in [2.45, 2.75) is 19.8 Å². The smallest absolute Gasteiger partial charge is 0.238 e. The van der Waals surface area contributed by atoms with Gasteiger partial charge >= 0.3 is 0 Å². The van der Waals surface area contributed by atoms with E-state index in [0.29, 0.717) is 11.6 Å². The number of rotatable bonds is 6. The van der Waals surface area contributed by atoms with Crippen LogP contribution in [0, 0.1) is 17.7 Å². The van der Waals surface area contributed by atoms with E-state index in [9.17, 15) is 9.18 Å². The van der Waals surface area contributed by atoms with Gasteiger partial charge in [0, 0.05) is 5.69 Å². The maximum Gasteiger partial charge on any atom is 0.238 e. The van der Waals surface area contributed by atoms with Gasteiger partial charge in [-0.15, -0.1) is 0 Å². The molecule has 1 amide bonds. The predicted octanol–water partition coefficient (Wildman–Crippen LogP) is 2.40. The third kappa shape index (κ3) is 4.11. The molecule has 98 valence electrons. The first-order valence-corrected chi connectivity index (χ1v) is 6.41. The average Bonchev–Trinajstić information content (AvgIpc) is 3.12. The lowest BCUT2D eigenvalue weighted by Gasteiger charge is -2.11. The number of carbonyl (C=O) groups is 1. The van der Waals surface area contributed by atoms with Gasteiger partial charge in [0.05, 0.1) is 6.54 Å². The van der Waals surface area contributed by atoms with Crippen molar-refractivity contribution >= 4 is 11.6 Å². The van der Waals surface area contributed by atoms with Gasteiger partial charge in [-0.2, -0.15) is 0 Å². The summed E-state index contributed by atoms with van der Waals surface area (Å²) in [6, 6.07) is 5.91. The number of halogens is 1. The Bertz CT molecular complexity index is 418. The van der Waals surface area contributed by atoms with Crippen molar-refractivity contribution in [1.29, 1.82) is 0 Å². The highest BCUT2D eigenvalue weighted by Crippen LogP contribution is 2.35. The highest BCUT2D eigenvalue weighted by molar-refractivity contribution is 5.92. The third-order valence-electron chi connectivity index (χ3n) is 3.29. The lowest BCUT2D eigenvalue weighted by molar-refractivity contribution is -0.115. The highest BCUT2D eigenvalue weighted by Gasteiger charge is 2.27. The van der Waals surface area contributed by atoms with Gasteiger partial charge in [-0.05, 0) is 49.4 Å². The standard InChI is InChI=1S/C14H19FN2O/c1-10(11-5-6-11)8-16-9-14(18)17-13-4-2-3-12(15)7-13/h2-4,7,10-11,16H,5-6,8-9H2,1H3,(H,17,18). The minimum absolute atomic E-state index is 0.136. The summed E-state index contributed by atoms with van der Waals surface area (Å²) in [6.45, 7) is 3.34. The Morgan fingerprint density at radius 2 is 2.28 bits per heavy atom. The van der Waals surface area contributed by atoms with E-state index in [0.717, 1.165) is 12.5 Å². The van der Waals surface area contributed by atoms with Crippen molar-refractivity contribution in [2.75, 3.05) is 18.4 Å². The van der Waals surface area contributed by atoms with E-state index in [-0.39, 0.29) is 18.3 Å². The molecule has 1 aliphatic rings. The first-order chi connectivity index (χ1) is 8.65. The summed E-state index contributed by atoms with van der Waals surface area (Å²) in [4.78, 5) is 11.6. The Hall–Kier alpha value is -1.42. The van der Waals surface area contributed by atoms with E-state index in [1.165, 1.54) is 25.0 Å². The summed E-state index contributed by atoms with van der Waals surface area (Å²) in [5, 5.41) is 5.80. The molecule has 1 fully saturated rings. The van der Waals surface area contributed by atoms with Crippen molar-refractivity contribution in [3.05, 3.63) is 30.1 Å². The van der Waals surface area contributed by atoms with Crippen molar-refractivity contribution in [3.8, 4) is 0 Å². The largest absolute Gasteiger partial charge is 0.325 e. The molecule has 0 spiro atoms. The molecular formula is C14H19FN2O. The molecule has 1 atom stereocenters. The van der Waals surface area contributed by atoms with E-state index >= 15 is 0 Å². The van der Waals surface area contributed by atoms with Gasteiger partial charge in [-0.25, -0.2) is 4.39 Å². The molecule has 0 bridgehead atoms. The molecule has 1 aromatic carbocycles. The highest BCUT2D eigenvalue weighted by atomic mass is 19.1. The molecule has 0 heterocycles. The summed E-state index contributed by atoms with van der Waals surface area (Å²) in [7, 11) is 0. The monoisotopic (exact) mass is 250 g/mol. The molecule has 4 heteroatoms. The number of hydrogen-bond acceptors (Lipinski definition) is 2. The summed E-state index contributed by atoms with van der Waals surface area (Å²) < 4.78 is 12.9. The van der Waals surface area contributed by atoms with Crippen LogP contribution < -0.4 is 10.6 Å². The number of amides is 1. The molecule has 1 aromatic rings. The molecule has 0 aromatic heterocycles. The lowest BCUT2D eigenvalue weighted by Crippen LogP contribution is -2.31. The predicted molar refractivity (Wildman–Crippen MR) is 69.8 cm³/mol. The fourth-order valence-corrected chi connectivity index (χ4v) is 2.02. The number of anilines is 1. The Morgan fingerprint density at radius 3 is 2.94 bits per heavy atom. The zero-order chi connectivity index (χ0) is 13.0. The van der Waals surface area contributed by atoms with Crippen LogP contribution in [0.15, 0.2) is 24.3 Å². The van der Waals surface area contributed by atoms with Crippen LogP contribution in [0.1, 0.15) is 19.8 Å². The van der Waals surface area contributed by atoms with Crippen LogP contribution in [0.4, 0.5) is 10.1 Å². The van der Waals surface area contributed by atoms with Gasteiger partial charge in [-0.3, -0.25) is 4.79 Å². The first kappa shape index (κ1) is 13.0. The van der Waals surface area contributed by atoms with E-state index in [1.54, 1.807) is 12.1 Å². The van der Waals surface area contributed by atoms with Crippen molar-refractivity contribution in [1.82, 2.24) is 5.32 Å². The topological polar surface area (TPSA) is 41.1 Å². The maximum absolute atomic E-state index is 12.9. The minimum Gasteiger partial charge on any atom is -0.325 e. The molecular weight excluding hydrogens is 231 g/mol. The van der Waals surface area contributed by atoms with Gasteiger partial charge in [0.15, 0.2) is 0 Å². The summed E-state index contributed by atoms with van der Waals surface area (Å²) in [5.41, 5.74) is 0.497. The molecule has 2 rings (SSSR count). The van der Waals surface area contributed by atoms with Gasteiger partial charge in [0.25, 0.3) is 0 Å². The second-order valence-corrected chi connectivity index (χ2v) is 5.00. The van der Waals surface area contributed by atoms with Gasteiger partial charge in [0.2, 0.25) is 5.91 Å². The van der Waals surface area contributed by atoms with E-state index in [4.69, 9.17) is 0 Å². The summed E-state index contributed by atoms with van der Waals surface area (Å²) >= 11 is 0. The van der Waals surface area contributed by atoms with E-state index in [2.05, 4.69) is 17.6 Å². The number of benzene rings is 1. The van der Waals surface area contributed by atoms with Crippen LogP contribution in [0.5, 0.6) is 0 Å². The Morgan fingerprint density at radius 1 is 1.50 bits per heavy atom. The van der Waals surface area contributed by atoms with Crippen LogP contribution >= 0.6 is 0 Å². The summed E-state index contributed by atoms with van der Waals surface area (Å²) in [5.74, 6) is 0.988. The van der Waals surface area contributed by atoms with Crippen LogP contribution in [0.3, 0.4) is 0 Å². The molecule has 3 nitrogen and oxygen atoms in total. The second kappa shape index (κ2) is 5.96. The molecule has 1 aliphatic carbocycles. The van der Waals surface area contributed by atoms with Gasteiger partial charge < -0.3 is 10.6 Å². The Kier molecular flexibility index (Phi) is 4.31. The Balaban J connectivity index is 1.68. The van der Waals surface area contributed by atoms with Crippen LogP contribution in [-0.4, -0.2) is 19.0 Å². The maximum atomic E-state index is 12.9.